The normalized spacial score (nSPS) is 17.9. The highest BCUT2D eigenvalue weighted by Gasteiger charge is 2.28. The molecule has 1 aliphatic rings. The zero-order chi connectivity index (χ0) is 16.1. The van der Waals surface area contributed by atoms with Crippen molar-refractivity contribution < 1.29 is 4.79 Å². The van der Waals surface area contributed by atoms with Crippen LogP contribution in [-0.2, 0) is 11.2 Å². The Kier molecular flexibility index (Phi) is 5.43. The summed E-state index contributed by atoms with van der Waals surface area (Å²) in [6.07, 6.45) is 1.11. The summed E-state index contributed by atoms with van der Waals surface area (Å²) in [5.74, 6) is -0.261. The van der Waals surface area contributed by atoms with E-state index in [0.29, 0.717) is 0 Å². The third kappa shape index (κ3) is 4.19. The van der Waals surface area contributed by atoms with E-state index in [0.717, 1.165) is 44.7 Å². The van der Waals surface area contributed by atoms with Crippen LogP contribution in [0, 0.1) is 0 Å². The van der Waals surface area contributed by atoms with Crippen molar-refractivity contribution in [2.45, 2.75) is 12.5 Å². The van der Waals surface area contributed by atoms with E-state index >= 15 is 0 Å². The molecule has 2 N–H and O–H groups in total. The smallest absolute Gasteiger partial charge is 0.239 e. The van der Waals surface area contributed by atoms with Crippen LogP contribution in [0.4, 0.5) is 0 Å². The quantitative estimate of drug-likeness (QED) is 0.883. The lowest BCUT2D eigenvalue weighted by molar-refractivity contribution is -0.124. The highest BCUT2D eigenvalue weighted by molar-refractivity contribution is 7.09. The summed E-state index contributed by atoms with van der Waals surface area (Å²) >= 11 is 1.82. The molecule has 1 aromatic heterocycles. The number of carbonyl (C=O) groups excluding carboxylic acids is 1. The van der Waals surface area contributed by atoms with Gasteiger partial charge in [0.15, 0.2) is 0 Å². The molecule has 1 unspecified atom stereocenters. The second kappa shape index (κ2) is 7.73. The van der Waals surface area contributed by atoms with E-state index < -0.39 is 0 Å². The summed E-state index contributed by atoms with van der Waals surface area (Å²) in [5, 5.41) is 2.13. The molecule has 1 aromatic carbocycles. The van der Waals surface area contributed by atoms with Gasteiger partial charge in [-0.3, -0.25) is 9.69 Å². The molecule has 2 aromatic rings. The van der Waals surface area contributed by atoms with Gasteiger partial charge in [-0.15, -0.1) is 11.3 Å². The van der Waals surface area contributed by atoms with Crippen LogP contribution in [0.1, 0.15) is 16.5 Å². The van der Waals surface area contributed by atoms with Gasteiger partial charge in [-0.1, -0.05) is 36.4 Å². The largest absolute Gasteiger partial charge is 0.368 e. The van der Waals surface area contributed by atoms with Crippen LogP contribution in [0.5, 0.6) is 0 Å². The number of thiophene rings is 1. The number of hydrogen-bond acceptors (Lipinski definition) is 4. The van der Waals surface area contributed by atoms with Gasteiger partial charge in [-0.2, -0.15) is 0 Å². The van der Waals surface area contributed by atoms with E-state index in [4.69, 9.17) is 5.73 Å². The maximum Gasteiger partial charge on any atom is 0.239 e. The maximum atomic E-state index is 11.9. The van der Waals surface area contributed by atoms with Crippen molar-refractivity contribution >= 4 is 17.2 Å². The Morgan fingerprint density at radius 3 is 2.43 bits per heavy atom. The van der Waals surface area contributed by atoms with Crippen molar-refractivity contribution in [1.82, 2.24) is 9.80 Å². The monoisotopic (exact) mass is 329 g/mol. The molecule has 1 fully saturated rings. The molecule has 23 heavy (non-hydrogen) atoms. The number of primary amides is 1. The van der Waals surface area contributed by atoms with Gasteiger partial charge in [0.1, 0.15) is 6.04 Å². The van der Waals surface area contributed by atoms with Gasteiger partial charge in [-0.25, -0.2) is 0 Å². The molecular weight excluding hydrogens is 306 g/mol. The van der Waals surface area contributed by atoms with Gasteiger partial charge in [0.05, 0.1) is 0 Å². The fourth-order valence-corrected chi connectivity index (χ4v) is 3.86. The van der Waals surface area contributed by atoms with E-state index in [1.165, 1.54) is 4.88 Å². The van der Waals surface area contributed by atoms with Crippen molar-refractivity contribution in [3.8, 4) is 0 Å². The van der Waals surface area contributed by atoms with Crippen LogP contribution in [-0.4, -0.2) is 48.4 Å². The molecule has 0 bridgehead atoms. The fourth-order valence-electron chi connectivity index (χ4n) is 3.16. The van der Waals surface area contributed by atoms with Gasteiger partial charge < -0.3 is 10.6 Å². The average Bonchev–Trinajstić information content (AvgIpc) is 3.08. The van der Waals surface area contributed by atoms with E-state index in [1.54, 1.807) is 0 Å². The molecule has 2 heterocycles. The standard InChI is InChI=1S/C18H23N3OS/c19-18(22)17(15-5-2-1-3-6-15)21-12-10-20(11-13-21)9-8-16-7-4-14-23-16/h1-7,14,17H,8-13H2,(H2,19,22). The Bertz CT molecular complexity index is 606. The summed E-state index contributed by atoms with van der Waals surface area (Å²) in [5.41, 5.74) is 6.66. The summed E-state index contributed by atoms with van der Waals surface area (Å²) in [6, 6.07) is 13.8. The van der Waals surface area contributed by atoms with Crippen LogP contribution in [0.3, 0.4) is 0 Å². The van der Waals surface area contributed by atoms with Crippen LogP contribution >= 0.6 is 11.3 Å². The molecule has 1 atom stereocenters. The van der Waals surface area contributed by atoms with Crippen LogP contribution in [0.15, 0.2) is 47.8 Å². The molecule has 5 heteroatoms. The molecule has 4 nitrogen and oxygen atoms in total. The number of piperazine rings is 1. The van der Waals surface area contributed by atoms with Crippen LogP contribution < -0.4 is 5.73 Å². The van der Waals surface area contributed by atoms with Gasteiger partial charge >= 0.3 is 0 Å². The third-order valence-electron chi connectivity index (χ3n) is 4.41. The van der Waals surface area contributed by atoms with Gasteiger partial charge in [0, 0.05) is 37.6 Å². The molecule has 0 aliphatic carbocycles. The summed E-state index contributed by atoms with van der Waals surface area (Å²) in [6.45, 7) is 4.82. The first-order valence-electron chi connectivity index (χ1n) is 8.07. The Labute approximate surface area is 141 Å². The Morgan fingerprint density at radius 1 is 1.09 bits per heavy atom. The van der Waals surface area contributed by atoms with E-state index in [2.05, 4.69) is 27.3 Å². The summed E-state index contributed by atoms with van der Waals surface area (Å²) < 4.78 is 0. The molecule has 1 saturated heterocycles. The lowest BCUT2D eigenvalue weighted by Crippen LogP contribution is -2.50. The highest BCUT2D eigenvalue weighted by Crippen LogP contribution is 2.22. The lowest BCUT2D eigenvalue weighted by atomic mass is 10.0. The minimum Gasteiger partial charge on any atom is -0.368 e. The molecule has 0 saturated carbocycles. The van der Waals surface area contributed by atoms with Crippen molar-refractivity contribution in [2.75, 3.05) is 32.7 Å². The Hall–Kier alpha value is -1.69. The zero-order valence-electron chi connectivity index (χ0n) is 13.2. The minimum absolute atomic E-state index is 0.261. The first-order chi connectivity index (χ1) is 11.2. The fraction of sp³-hybridized carbons (Fsp3) is 0.389. The molecule has 1 aliphatic heterocycles. The Morgan fingerprint density at radius 2 is 1.83 bits per heavy atom. The van der Waals surface area contributed by atoms with Gasteiger partial charge in [-0.05, 0) is 23.4 Å². The van der Waals surface area contributed by atoms with Gasteiger partial charge in [0.2, 0.25) is 5.91 Å². The summed E-state index contributed by atoms with van der Waals surface area (Å²) in [4.78, 5) is 18.0. The lowest BCUT2D eigenvalue weighted by Gasteiger charge is -2.38. The SMILES string of the molecule is NC(=O)C(c1ccccc1)N1CCN(CCc2cccs2)CC1. The number of benzene rings is 1. The molecular formula is C18H23N3OS. The predicted molar refractivity (Wildman–Crippen MR) is 94.4 cm³/mol. The number of carbonyl (C=O) groups is 1. The molecule has 1 amide bonds. The van der Waals surface area contributed by atoms with E-state index in [9.17, 15) is 4.79 Å². The van der Waals surface area contributed by atoms with Crippen LogP contribution in [0.25, 0.3) is 0 Å². The predicted octanol–water partition coefficient (Wildman–Crippen LogP) is 2.13. The second-order valence-electron chi connectivity index (χ2n) is 5.92. The zero-order valence-corrected chi connectivity index (χ0v) is 14.0. The van der Waals surface area contributed by atoms with Crippen molar-refractivity contribution in [2.24, 2.45) is 5.73 Å². The first-order valence-corrected chi connectivity index (χ1v) is 8.95. The molecule has 122 valence electrons. The number of nitrogens with two attached hydrogens (primary N) is 1. The topological polar surface area (TPSA) is 49.6 Å². The van der Waals surface area contributed by atoms with Crippen molar-refractivity contribution in [1.29, 1.82) is 0 Å². The average molecular weight is 329 g/mol. The van der Waals surface area contributed by atoms with E-state index in [1.807, 2.05) is 41.7 Å². The second-order valence-corrected chi connectivity index (χ2v) is 6.95. The molecule has 0 spiro atoms. The van der Waals surface area contributed by atoms with Crippen LogP contribution in [0.2, 0.25) is 0 Å². The third-order valence-corrected chi connectivity index (χ3v) is 5.35. The van der Waals surface area contributed by atoms with Crippen molar-refractivity contribution in [3.63, 3.8) is 0 Å². The maximum absolute atomic E-state index is 11.9. The summed E-state index contributed by atoms with van der Waals surface area (Å²) in [7, 11) is 0. The van der Waals surface area contributed by atoms with Crippen molar-refractivity contribution in [3.05, 3.63) is 58.3 Å². The number of hydrogen-bond donors (Lipinski definition) is 1. The molecule has 3 rings (SSSR count). The number of amides is 1. The van der Waals surface area contributed by atoms with E-state index in [-0.39, 0.29) is 11.9 Å². The number of rotatable bonds is 6. The first kappa shape index (κ1) is 16.2. The number of nitrogens with zero attached hydrogens (tertiary/aromatic N) is 2. The highest BCUT2D eigenvalue weighted by atomic mass is 32.1. The minimum atomic E-state index is -0.310. The molecule has 0 radical (unpaired) electrons. The Balaban J connectivity index is 1.55. The van der Waals surface area contributed by atoms with Gasteiger partial charge in [0.25, 0.3) is 0 Å².